The van der Waals surface area contributed by atoms with Crippen LogP contribution < -0.4 is 4.74 Å². The molecule has 0 unspecified atom stereocenters. The van der Waals surface area contributed by atoms with Gasteiger partial charge >= 0.3 is 0 Å². The molecule has 0 fully saturated rings. The second-order valence-corrected chi connectivity index (χ2v) is 3.76. The van der Waals surface area contributed by atoms with Crippen molar-refractivity contribution >= 4 is 5.78 Å². The second kappa shape index (κ2) is 6.26. The van der Waals surface area contributed by atoms with E-state index in [0.717, 1.165) is 19.3 Å². The molecule has 3 heteroatoms. The molecule has 88 valence electrons. The Bertz CT molecular complexity index is 361. The van der Waals surface area contributed by atoms with Gasteiger partial charge in [-0.15, -0.1) is 0 Å². The maximum absolute atomic E-state index is 13.3. The molecule has 0 bridgehead atoms. The van der Waals surface area contributed by atoms with Crippen LogP contribution in [0.5, 0.6) is 5.75 Å². The van der Waals surface area contributed by atoms with E-state index in [1.54, 1.807) is 0 Å². The molecule has 0 spiro atoms. The first kappa shape index (κ1) is 12.7. The van der Waals surface area contributed by atoms with Gasteiger partial charge in [0, 0.05) is 5.56 Å². The Balaban J connectivity index is 2.63. The van der Waals surface area contributed by atoms with Gasteiger partial charge < -0.3 is 4.74 Å². The number of carbonyl (C=O) groups excluding carboxylic acids is 1. The maximum atomic E-state index is 13.3. The molecule has 16 heavy (non-hydrogen) atoms. The van der Waals surface area contributed by atoms with Crippen LogP contribution in [-0.2, 0) is 0 Å². The molecular formula is C13H17FO2. The van der Waals surface area contributed by atoms with Crippen molar-refractivity contribution < 1.29 is 13.9 Å². The zero-order valence-corrected chi connectivity index (χ0v) is 9.75. The van der Waals surface area contributed by atoms with Crippen molar-refractivity contribution in [3.05, 3.63) is 29.6 Å². The number of ether oxygens (including phenoxy) is 1. The number of Topliss-reactive ketones (excluding diaryl/α,β-unsaturated/α-hetero) is 1. The molecule has 0 aliphatic rings. The summed E-state index contributed by atoms with van der Waals surface area (Å²) in [6, 6.07) is 4.20. The number of ketones is 1. The van der Waals surface area contributed by atoms with Crippen molar-refractivity contribution in [3.63, 3.8) is 0 Å². The Morgan fingerprint density at radius 1 is 1.38 bits per heavy atom. The summed E-state index contributed by atoms with van der Waals surface area (Å²) < 4.78 is 18.6. The largest absolute Gasteiger partial charge is 0.490 e. The first-order chi connectivity index (χ1) is 7.65. The van der Waals surface area contributed by atoms with E-state index in [2.05, 4.69) is 6.92 Å². The van der Waals surface area contributed by atoms with E-state index in [1.165, 1.54) is 25.1 Å². The maximum Gasteiger partial charge on any atom is 0.165 e. The zero-order valence-electron chi connectivity index (χ0n) is 9.75. The van der Waals surface area contributed by atoms with Gasteiger partial charge in [0.05, 0.1) is 6.61 Å². The molecule has 0 aromatic heterocycles. The second-order valence-electron chi connectivity index (χ2n) is 3.76. The van der Waals surface area contributed by atoms with Crippen LogP contribution in [-0.4, -0.2) is 12.4 Å². The lowest BCUT2D eigenvalue weighted by atomic mass is 10.1. The summed E-state index contributed by atoms with van der Waals surface area (Å²) in [7, 11) is 0. The smallest absolute Gasteiger partial charge is 0.165 e. The van der Waals surface area contributed by atoms with Gasteiger partial charge in [0.2, 0.25) is 0 Å². The number of halogens is 1. The summed E-state index contributed by atoms with van der Waals surface area (Å²) in [6.07, 6.45) is 3.06. The molecule has 0 amide bonds. The Morgan fingerprint density at radius 3 is 2.75 bits per heavy atom. The van der Waals surface area contributed by atoms with Crippen LogP contribution in [0.4, 0.5) is 4.39 Å². The highest BCUT2D eigenvalue weighted by Gasteiger charge is 2.07. The summed E-state index contributed by atoms with van der Waals surface area (Å²) in [4.78, 5) is 11.1. The molecule has 1 rings (SSSR count). The van der Waals surface area contributed by atoms with Crippen molar-refractivity contribution in [1.82, 2.24) is 0 Å². The average molecular weight is 224 g/mol. The minimum Gasteiger partial charge on any atom is -0.490 e. The van der Waals surface area contributed by atoms with Crippen LogP contribution in [0.25, 0.3) is 0 Å². The zero-order chi connectivity index (χ0) is 12.0. The fraction of sp³-hybridized carbons (Fsp3) is 0.462. The highest BCUT2D eigenvalue weighted by molar-refractivity contribution is 5.94. The third-order valence-corrected chi connectivity index (χ3v) is 2.34. The molecule has 0 N–H and O–H groups in total. The fourth-order valence-corrected chi connectivity index (χ4v) is 1.37. The predicted molar refractivity (Wildman–Crippen MR) is 61.4 cm³/mol. The number of carbonyl (C=O) groups is 1. The van der Waals surface area contributed by atoms with E-state index < -0.39 is 5.82 Å². The molecule has 0 saturated heterocycles. The van der Waals surface area contributed by atoms with Gasteiger partial charge in [-0.05, 0) is 31.5 Å². The summed E-state index contributed by atoms with van der Waals surface area (Å²) in [6.45, 7) is 4.04. The minimum atomic E-state index is -0.415. The molecule has 0 aliphatic heterocycles. The average Bonchev–Trinajstić information content (AvgIpc) is 2.26. The molecule has 0 atom stereocenters. The first-order valence-corrected chi connectivity index (χ1v) is 5.58. The van der Waals surface area contributed by atoms with Crippen LogP contribution in [0, 0.1) is 5.82 Å². The Hall–Kier alpha value is -1.38. The third kappa shape index (κ3) is 3.65. The number of unbranched alkanes of at least 4 members (excludes halogenated alkanes) is 2. The number of hydrogen-bond acceptors (Lipinski definition) is 2. The lowest BCUT2D eigenvalue weighted by molar-refractivity contribution is 0.101. The normalized spacial score (nSPS) is 10.2. The molecular weight excluding hydrogens is 207 g/mol. The molecule has 1 aromatic carbocycles. The molecule has 2 nitrogen and oxygen atoms in total. The van der Waals surface area contributed by atoms with Gasteiger partial charge in [-0.25, -0.2) is 4.39 Å². The standard InChI is InChI=1S/C13H17FO2/c1-3-4-5-8-16-13-9-11(10(2)15)6-7-12(13)14/h6-7,9H,3-5,8H2,1-2H3. The van der Waals surface area contributed by atoms with Crippen molar-refractivity contribution in [2.24, 2.45) is 0 Å². The van der Waals surface area contributed by atoms with Crippen molar-refractivity contribution in [2.45, 2.75) is 33.1 Å². The van der Waals surface area contributed by atoms with Crippen LogP contribution in [0.3, 0.4) is 0 Å². The van der Waals surface area contributed by atoms with Crippen LogP contribution in [0.15, 0.2) is 18.2 Å². The summed E-state index contributed by atoms with van der Waals surface area (Å²) in [5.41, 5.74) is 0.479. The molecule has 0 aliphatic carbocycles. The highest BCUT2D eigenvalue weighted by Crippen LogP contribution is 2.19. The van der Waals surface area contributed by atoms with Gasteiger partial charge in [0.15, 0.2) is 17.3 Å². The minimum absolute atomic E-state index is 0.0848. The molecule has 1 aromatic rings. The number of hydrogen-bond donors (Lipinski definition) is 0. The van der Waals surface area contributed by atoms with Crippen LogP contribution in [0.1, 0.15) is 43.5 Å². The van der Waals surface area contributed by atoms with Crippen molar-refractivity contribution in [2.75, 3.05) is 6.61 Å². The Labute approximate surface area is 95.4 Å². The van der Waals surface area contributed by atoms with E-state index >= 15 is 0 Å². The third-order valence-electron chi connectivity index (χ3n) is 2.34. The number of rotatable bonds is 6. The SMILES string of the molecule is CCCCCOc1cc(C(C)=O)ccc1F. The van der Waals surface area contributed by atoms with E-state index in [9.17, 15) is 9.18 Å². The van der Waals surface area contributed by atoms with E-state index in [0.29, 0.717) is 12.2 Å². The van der Waals surface area contributed by atoms with Crippen LogP contribution in [0.2, 0.25) is 0 Å². The molecule has 0 radical (unpaired) electrons. The predicted octanol–water partition coefficient (Wildman–Crippen LogP) is 3.60. The van der Waals surface area contributed by atoms with Crippen molar-refractivity contribution in [3.8, 4) is 5.75 Å². The molecule has 0 saturated carbocycles. The highest BCUT2D eigenvalue weighted by atomic mass is 19.1. The van der Waals surface area contributed by atoms with Gasteiger partial charge in [0.25, 0.3) is 0 Å². The number of benzene rings is 1. The van der Waals surface area contributed by atoms with Gasteiger partial charge in [-0.3, -0.25) is 4.79 Å². The van der Waals surface area contributed by atoms with Gasteiger partial charge in [-0.1, -0.05) is 19.8 Å². The van der Waals surface area contributed by atoms with E-state index in [4.69, 9.17) is 4.74 Å². The Kier molecular flexibility index (Phi) is 4.96. The first-order valence-electron chi connectivity index (χ1n) is 5.58. The summed E-state index contributed by atoms with van der Waals surface area (Å²) in [5, 5.41) is 0. The van der Waals surface area contributed by atoms with Gasteiger partial charge in [-0.2, -0.15) is 0 Å². The fourth-order valence-electron chi connectivity index (χ4n) is 1.37. The van der Waals surface area contributed by atoms with E-state index in [1.807, 2.05) is 0 Å². The Morgan fingerprint density at radius 2 is 2.12 bits per heavy atom. The topological polar surface area (TPSA) is 26.3 Å². The summed E-state index contributed by atoms with van der Waals surface area (Å²) in [5.74, 6) is -0.330. The van der Waals surface area contributed by atoms with Gasteiger partial charge in [0.1, 0.15) is 0 Å². The monoisotopic (exact) mass is 224 g/mol. The summed E-state index contributed by atoms with van der Waals surface area (Å²) >= 11 is 0. The van der Waals surface area contributed by atoms with Crippen molar-refractivity contribution in [1.29, 1.82) is 0 Å². The quantitative estimate of drug-likeness (QED) is 0.545. The lowest BCUT2D eigenvalue weighted by Gasteiger charge is -2.07. The van der Waals surface area contributed by atoms with Crippen LogP contribution >= 0.6 is 0 Å². The van der Waals surface area contributed by atoms with E-state index in [-0.39, 0.29) is 11.5 Å². The lowest BCUT2D eigenvalue weighted by Crippen LogP contribution is -2.01. The molecule has 0 heterocycles.